The minimum Gasteiger partial charge on any atom is -0.469 e. The van der Waals surface area contributed by atoms with E-state index in [1.54, 1.807) is 7.11 Å². The summed E-state index contributed by atoms with van der Waals surface area (Å²) >= 11 is 0. The average Bonchev–Trinajstić information content (AvgIpc) is 2.82. The van der Waals surface area contributed by atoms with Gasteiger partial charge < -0.3 is 15.4 Å². The fourth-order valence-electron chi connectivity index (χ4n) is 11.6. The minimum absolute atomic E-state index is 0.0526. The molecule has 0 aliphatic heterocycles. The molecule has 0 saturated heterocycles. The minimum atomic E-state index is -0.261. The first-order valence-electron chi connectivity index (χ1n) is 14.0. The van der Waals surface area contributed by atoms with E-state index >= 15 is 0 Å². The van der Waals surface area contributed by atoms with Crippen LogP contribution in [0, 0.1) is 45.3 Å². The van der Waals surface area contributed by atoms with Crippen LogP contribution in [0.25, 0.3) is 0 Å². The third kappa shape index (κ3) is 2.99. The molecule has 8 saturated carbocycles. The van der Waals surface area contributed by atoms with Gasteiger partial charge in [0.1, 0.15) is 0 Å². The SMILES string of the molecule is CNc1ccccc1NC(=O)C12CC3CC(C1)CC(C14CC5CC(CC(C(=O)OC)(C5)C1)C4)(C3)C2. The van der Waals surface area contributed by atoms with Gasteiger partial charge in [-0.1, -0.05) is 12.1 Å². The lowest BCUT2D eigenvalue weighted by Crippen LogP contribution is -2.66. The largest absolute Gasteiger partial charge is 0.469 e. The first-order valence-corrected chi connectivity index (χ1v) is 14.0. The fourth-order valence-corrected chi connectivity index (χ4v) is 11.6. The predicted octanol–water partition coefficient (Wildman–Crippen LogP) is 6.01. The van der Waals surface area contributed by atoms with Crippen molar-refractivity contribution in [2.24, 2.45) is 45.3 Å². The van der Waals surface area contributed by atoms with Gasteiger partial charge in [0.2, 0.25) is 5.91 Å². The van der Waals surface area contributed by atoms with Gasteiger partial charge in [-0.15, -0.1) is 0 Å². The Morgan fingerprint density at radius 1 is 0.771 bits per heavy atom. The standard InChI is InChI=1S/C30H40N2O3/c1-31-23-5-3-4-6-24(23)32-25(33)27-9-19-7-20(10-27)14-29(13-19,17-27)30-15-21-8-22(16-30)12-28(11-21,18-30)26(34)35-2/h3-6,19-22,31H,7-18H2,1-2H3,(H,32,33). The molecule has 8 fully saturated rings. The van der Waals surface area contributed by atoms with Gasteiger partial charge in [0, 0.05) is 7.05 Å². The van der Waals surface area contributed by atoms with Crippen molar-refractivity contribution in [1.82, 2.24) is 0 Å². The summed E-state index contributed by atoms with van der Waals surface area (Å²) in [6, 6.07) is 8.04. The zero-order valence-electron chi connectivity index (χ0n) is 21.3. The molecule has 35 heavy (non-hydrogen) atoms. The normalized spacial score (nSPS) is 46.5. The molecule has 188 valence electrons. The van der Waals surface area contributed by atoms with Crippen LogP contribution in [-0.2, 0) is 14.3 Å². The number of methoxy groups -OCH3 is 1. The molecule has 5 heteroatoms. The van der Waals surface area contributed by atoms with Crippen molar-refractivity contribution in [2.45, 2.75) is 77.0 Å². The van der Waals surface area contributed by atoms with Gasteiger partial charge in [-0.05, 0) is 124 Å². The number of rotatable bonds is 5. The van der Waals surface area contributed by atoms with Crippen molar-refractivity contribution < 1.29 is 14.3 Å². The van der Waals surface area contributed by atoms with E-state index in [0.29, 0.717) is 23.7 Å². The van der Waals surface area contributed by atoms with Crippen LogP contribution in [0.1, 0.15) is 77.0 Å². The summed E-state index contributed by atoms with van der Waals surface area (Å²) in [5, 5.41) is 6.60. The molecule has 8 bridgehead atoms. The van der Waals surface area contributed by atoms with Crippen LogP contribution in [-0.4, -0.2) is 26.0 Å². The van der Waals surface area contributed by atoms with E-state index in [1.807, 2.05) is 31.3 Å². The topological polar surface area (TPSA) is 67.4 Å². The van der Waals surface area contributed by atoms with E-state index in [4.69, 9.17) is 4.74 Å². The van der Waals surface area contributed by atoms with Crippen LogP contribution in [0.2, 0.25) is 0 Å². The molecule has 2 N–H and O–H groups in total. The molecular formula is C30H40N2O3. The van der Waals surface area contributed by atoms with E-state index in [-0.39, 0.29) is 33.5 Å². The summed E-state index contributed by atoms with van der Waals surface area (Å²) in [5.74, 6) is 2.93. The van der Waals surface area contributed by atoms with E-state index in [2.05, 4.69) is 10.6 Å². The lowest BCUT2D eigenvalue weighted by Gasteiger charge is -2.73. The molecule has 5 nitrogen and oxygen atoms in total. The highest BCUT2D eigenvalue weighted by molar-refractivity contribution is 5.98. The second-order valence-corrected chi connectivity index (χ2v) is 13.8. The van der Waals surface area contributed by atoms with E-state index in [0.717, 1.165) is 49.9 Å². The maximum atomic E-state index is 14.1. The predicted molar refractivity (Wildman–Crippen MR) is 136 cm³/mol. The van der Waals surface area contributed by atoms with Crippen LogP contribution in [0.4, 0.5) is 11.4 Å². The van der Waals surface area contributed by atoms with Crippen LogP contribution in [0.5, 0.6) is 0 Å². The summed E-state index contributed by atoms with van der Waals surface area (Å²) in [5.41, 5.74) is 1.78. The molecule has 1 aromatic rings. The van der Waals surface area contributed by atoms with Gasteiger partial charge in [-0.3, -0.25) is 9.59 Å². The number of anilines is 2. The number of para-hydroxylation sites is 2. The molecule has 4 atom stereocenters. The monoisotopic (exact) mass is 476 g/mol. The number of ether oxygens (including phenoxy) is 1. The van der Waals surface area contributed by atoms with Gasteiger partial charge in [0.25, 0.3) is 0 Å². The number of benzene rings is 1. The lowest BCUT2D eigenvalue weighted by atomic mass is 9.31. The van der Waals surface area contributed by atoms with Gasteiger partial charge in [0.05, 0.1) is 29.3 Å². The maximum Gasteiger partial charge on any atom is 0.311 e. The van der Waals surface area contributed by atoms with Gasteiger partial charge in [-0.25, -0.2) is 0 Å². The number of carbonyl (C=O) groups excluding carboxylic acids is 2. The molecule has 0 heterocycles. The van der Waals surface area contributed by atoms with Crippen molar-refractivity contribution in [3.63, 3.8) is 0 Å². The van der Waals surface area contributed by atoms with Crippen molar-refractivity contribution >= 4 is 23.3 Å². The Kier molecular flexibility index (Phi) is 4.60. The van der Waals surface area contributed by atoms with E-state index < -0.39 is 0 Å². The molecule has 1 amide bonds. The van der Waals surface area contributed by atoms with Crippen molar-refractivity contribution in [1.29, 1.82) is 0 Å². The summed E-state index contributed by atoms with van der Waals surface area (Å²) in [4.78, 5) is 27.3. The maximum absolute atomic E-state index is 14.1. The molecule has 0 spiro atoms. The van der Waals surface area contributed by atoms with Crippen molar-refractivity contribution in [3.8, 4) is 0 Å². The highest BCUT2D eigenvalue weighted by Gasteiger charge is 2.72. The molecule has 0 aromatic heterocycles. The molecule has 1 aromatic carbocycles. The van der Waals surface area contributed by atoms with Gasteiger partial charge in [-0.2, -0.15) is 0 Å². The Morgan fingerprint density at radius 2 is 1.26 bits per heavy atom. The highest BCUT2D eigenvalue weighted by atomic mass is 16.5. The summed E-state index contributed by atoms with van der Waals surface area (Å²) in [7, 11) is 3.50. The molecule has 8 aliphatic rings. The second kappa shape index (κ2) is 7.26. The van der Waals surface area contributed by atoms with Gasteiger partial charge >= 0.3 is 5.97 Å². The molecular weight excluding hydrogens is 436 g/mol. The lowest BCUT2D eigenvalue weighted by molar-refractivity contribution is -0.238. The third-order valence-electron chi connectivity index (χ3n) is 11.8. The third-order valence-corrected chi connectivity index (χ3v) is 11.8. The van der Waals surface area contributed by atoms with E-state index in [9.17, 15) is 9.59 Å². The molecule has 4 unspecified atom stereocenters. The summed E-state index contributed by atoms with van der Waals surface area (Å²) in [6.07, 6.45) is 13.9. The van der Waals surface area contributed by atoms with Gasteiger partial charge in [0.15, 0.2) is 0 Å². The second-order valence-electron chi connectivity index (χ2n) is 13.8. The molecule has 0 radical (unpaired) electrons. The quantitative estimate of drug-likeness (QED) is 0.511. The van der Waals surface area contributed by atoms with Crippen molar-refractivity contribution in [3.05, 3.63) is 24.3 Å². The van der Waals surface area contributed by atoms with Crippen LogP contribution in [0.15, 0.2) is 24.3 Å². The first-order chi connectivity index (χ1) is 16.8. The molecule has 8 aliphatic carbocycles. The summed E-state index contributed by atoms with van der Waals surface area (Å²) < 4.78 is 5.44. The Hall–Kier alpha value is -2.04. The Bertz CT molecular complexity index is 1050. The smallest absolute Gasteiger partial charge is 0.311 e. The Balaban J connectivity index is 1.25. The van der Waals surface area contributed by atoms with Crippen LogP contribution in [0.3, 0.4) is 0 Å². The number of hydrogen-bond acceptors (Lipinski definition) is 4. The first kappa shape index (κ1) is 22.2. The number of carbonyl (C=O) groups is 2. The molecule has 9 rings (SSSR count). The highest BCUT2D eigenvalue weighted by Crippen LogP contribution is 2.78. The number of amides is 1. The van der Waals surface area contributed by atoms with Crippen molar-refractivity contribution in [2.75, 3.05) is 24.8 Å². The fraction of sp³-hybridized carbons (Fsp3) is 0.733. The zero-order valence-corrected chi connectivity index (χ0v) is 21.3. The Morgan fingerprint density at radius 3 is 1.77 bits per heavy atom. The summed E-state index contributed by atoms with van der Waals surface area (Å²) in [6.45, 7) is 0. The number of nitrogens with one attached hydrogen (secondary N) is 2. The average molecular weight is 477 g/mol. The van der Waals surface area contributed by atoms with Crippen LogP contribution >= 0.6 is 0 Å². The van der Waals surface area contributed by atoms with Crippen LogP contribution < -0.4 is 10.6 Å². The van der Waals surface area contributed by atoms with E-state index in [1.165, 1.54) is 38.5 Å². The Labute approximate surface area is 209 Å². The zero-order chi connectivity index (χ0) is 24.1. The number of esters is 1. The number of hydrogen-bond donors (Lipinski definition) is 2.